The maximum atomic E-state index is 12.0. The van der Waals surface area contributed by atoms with Gasteiger partial charge in [-0.25, -0.2) is 9.59 Å². The molecule has 6 heteroatoms. The number of carbonyl (C=O) groups is 2. The minimum atomic E-state index is -1.12. The van der Waals surface area contributed by atoms with Gasteiger partial charge < -0.3 is 20.7 Å². The summed E-state index contributed by atoms with van der Waals surface area (Å²) in [5, 5.41) is 14.4. The van der Waals surface area contributed by atoms with Gasteiger partial charge in [-0.15, -0.1) is 0 Å². The maximum absolute atomic E-state index is 12.0. The highest BCUT2D eigenvalue weighted by Crippen LogP contribution is 2.17. The van der Waals surface area contributed by atoms with Crippen molar-refractivity contribution in [3.05, 3.63) is 53.3 Å². The Kier molecular flexibility index (Phi) is 4.27. The van der Waals surface area contributed by atoms with Crippen LogP contribution < -0.4 is 10.6 Å². The highest BCUT2D eigenvalue weighted by atomic mass is 16.4. The van der Waals surface area contributed by atoms with E-state index in [-0.39, 0.29) is 17.4 Å². The fourth-order valence-corrected chi connectivity index (χ4v) is 2.04. The molecule has 2 rings (SSSR count). The molecule has 0 aliphatic heterocycles. The molecule has 0 spiro atoms. The van der Waals surface area contributed by atoms with Crippen LogP contribution in [0.4, 0.5) is 10.5 Å². The van der Waals surface area contributed by atoms with E-state index in [0.29, 0.717) is 5.69 Å². The SMILES string of the molecule is Cc1cc(NC(=O)NC(C)c2ccccc2)c(C(=O)O)[nH]1. The number of carboxylic acid groups (broad SMARTS) is 1. The van der Waals surface area contributed by atoms with Gasteiger partial charge in [0.1, 0.15) is 5.69 Å². The van der Waals surface area contributed by atoms with Crippen LogP contribution in [-0.2, 0) is 0 Å². The average Bonchev–Trinajstić information content (AvgIpc) is 2.80. The van der Waals surface area contributed by atoms with Crippen LogP contribution in [0.1, 0.15) is 34.7 Å². The summed E-state index contributed by atoms with van der Waals surface area (Å²) in [6.07, 6.45) is 0. The Morgan fingerprint density at radius 2 is 1.90 bits per heavy atom. The Balaban J connectivity index is 2.04. The van der Waals surface area contributed by atoms with E-state index in [9.17, 15) is 9.59 Å². The van der Waals surface area contributed by atoms with Gasteiger partial charge in [0.25, 0.3) is 0 Å². The van der Waals surface area contributed by atoms with E-state index < -0.39 is 12.0 Å². The van der Waals surface area contributed by atoms with Crippen LogP contribution in [0, 0.1) is 6.92 Å². The van der Waals surface area contributed by atoms with Crippen molar-refractivity contribution in [2.75, 3.05) is 5.32 Å². The van der Waals surface area contributed by atoms with Gasteiger partial charge >= 0.3 is 12.0 Å². The van der Waals surface area contributed by atoms with Crippen LogP contribution in [0.3, 0.4) is 0 Å². The number of hydrogen-bond donors (Lipinski definition) is 4. The van der Waals surface area contributed by atoms with E-state index in [4.69, 9.17) is 5.11 Å². The molecule has 1 atom stereocenters. The predicted octanol–water partition coefficient (Wildman–Crippen LogP) is 2.90. The van der Waals surface area contributed by atoms with Crippen molar-refractivity contribution in [1.29, 1.82) is 0 Å². The maximum Gasteiger partial charge on any atom is 0.354 e. The first-order chi connectivity index (χ1) is 9.97. The number of amides is 2. The minimum Gasteiger partial charge on any atom is -0.477 e. The molecule has 0 aliphatic carbocycles. The summed E-state index contributed by atoms with van der Waals surface area (Å²) >= 11 is 0. The van der Waals surface area contributed by atoms with Gasteiger partial charge in [0, 0.05) is 5.69 Å². The Morgan fingerprint density at radius 1 is 1.24 bits per heavy atom. The number of aromatic nitrogens is 1. The topological polar surface area (TPSA) is 94.2 Å². The lowest BCUT2D eigenvalue weighted by Gasteiger charge is -2.14. The quantitative estimate of drug-likeness (QED) is 0.696. The van der Waals surface area contributed by atoms with Crippen molar-refractivity contribution in [1.82, 2.24) is 10.3 Å². The first-order valence-corrected chi connectivity index (χ1v) is 6.52. The minimum absolute atomic E-state index is 0.0324. The zero-order chi connectivity index (χ0) is 15.4. The van der Waals surface area contributed by atoms with Gasteiger partial charge in [-0.05, 0) is 25.5 Å². The zero-order valence-corrected chi connectivity index (χ0v) is 11.8. The fraction of sp³-hybridized carbons (Fsp3) is 0.200. The van der Waals surface area contributed by atoms with Crippen LogP contribution in [0.2, 0.25) is 0 Å². The highest BCUT2D eigenvalue weighted by Gasteiger charge is 2.16. The van der Waals surface area contributed by atoms with Crippen molar-refractivity contribution >= 4 is 17.7 Å². The molecule has 0 fully saturated rings. The molecule has 1 aromatic heterocycles. The monoisotopic (exact) mass is 287 g/mol. The molecule has 6 nitrogen and oxygen atoms in total. The number of aromatic carboxylic acids is 1. The van der Waals surface area contributed by atoms with Crippen LogP contribution in [0.5, 0.6) is 0 Å². The molecular formula is C15H17N3O3. The van der Waals surface area contributed by atoms with Gasteiger partial charge in [-0.2, -0.15) is 0 Å². The first-order valence-electron chi connectivity index (χ1n) is 6.52. The Hall–Kier alpha value is -2.76. The number of anilines is 1. The Bertz CT molecular complexity index is 649. The normalized spacial score (nSPS) is 11.7. The highest BCUT2D eigenvalue weighted by molar-refractivity contribution is 5.99. The second-order valence-corrected chi connectivity index (χ2v) is 4.78. The zero-order valence-electron chi connectivity index (χ0n) is 11.8. The number of aromatic amines is 1. The third-order valence-corrected chi connectivity index (χ3v) is 3.06. The summed E-state index contributed by atoms with van der Waals surface area (Å²) < 4.78 is 0. The summed E-state index contributed by atoms with van der Waals surface area (Å²) in [6, 6.07) is 10.5. The number of rotatable bonds is 4. The molecule has 21 heavy (non-hydrogen) atoms. The number of carbonyl (C=O) groups excluding carboxylic acids is 1. The number of nitrogens with one attached hydrogen (secondary N) is 3. The van der Waals surface area contributed by atoms with Gasteiger partial charge in [0.2, 0.25) is 0 Å². The van der Waals surface area contributed by atoms with E-state index in [2.05, 4.69) is 15.6 Å². The van der Waals surface area contributed by atoms with Crippen molar-refractivity contribution in [2.45, 2.75) is 19.9 Å². The number of carboxylic acids is 1. The van der Waals surface area contributed by atoms with Crippen LogP contribution in [0.25, 0.3) is 0 Å². The molecule has 4 N–H and O–H groups in total. The number of hydrogen-bond acceptors (Lipinski definition) is 2. The Labute approximate surface area is 122 Å². The predicted molar refractivity (Wildman–Crippen MR) is 79.5 cm³/mol. The van der Waals surface area contributed by atoms with E-state index >= 15 is 0 Å². The second kappa shape index (κ2) is 6.13. The van der Waals surface area contributed by atoms with E-state index in [1.165, 1.54) is 0 Å². The molecule has 1 unspecified atom stereocenters. The van der Waals surface area contributed by atoms with E-state index in [0.717, 1.165) is 5.56 Å². The molecule has 1 heterocycles. The lowest BCUT2D eigenvalue weighted by Crippen LogP contribution is -2.31. The van der Waals surface area contributed by atoms with Crippen molar-refractivity contribution in [3.8, 4) is 0 Å². The standard InChI is InChI=1S/C15H17N3O3/c1-9-8-12(13(16-9)14(19)20)18-15(21)17-10(2)11-6-4-3-5-7-11/h3-8,10,16H,1-2H3,(H,19,20)(H2,17,18,21). The van der Waals surface area contributed by atoms with Crippen LogP contribution in [0.15, 0.2) is 36.4 Å². The lowest BCUT2D eigenvalue weighted by atomic mass is 10.1. The van der Waals surface area contributed by atoms with Gasteiger partial charge in [0.15, 0.2) is 0 Å². The average molecular weight is 287 g/mol. The Morgan fingerprint density at radius 3 is 2.52 bits per heavy atom. The molecule has 0 saturated heterocycles. The van der Waals surface area contributed by atoms with Crippen LogP contribution >= 0.6 is 0 Å². The number of urea groups is 1. The molecule has 110 valence electrons. The van der Waals surface area contributed by atoms with Crippen molar-refractivity contribution < 1.29 is 14.7 Å². The van der Waals surface area contributed by atoms with Gasteiger partial charge in [0.05, 0.1) is 11.7 Å². The first kappa shape index (κ1) is 14.6. The molecule has 0 saturated carbocycles. The molecule has 1 aromatic carbocycles. The second-order valence-electron chi connectivity index (χ2n) is 4.78. The number of H-pyrrole nitrogens is 1. The summed E-state index contributed by atoms with van der Waals surface area (Å²) in [7, 11) is 0. The van der Waals surface area contributed by atoms with E-state index in [1.54, 1.807) is 13.0 Å². The van der Waals surface area contributed by atoms with Crippen LogP contribution in [-0.4, -0.2) is 22.1 Å². The van der Waals surface area contributed by atoms with Crippen molar-refractivity contribution in [2.24, 2.45) is 0 Å². The van der Waals surface area contributed by atoms with E-state index in [1.807, 2.05) is 37.3 Å². The van der Waals surface area contributed by atoms with Crippen molar-refractivity contribution in [3.63, 3.8) is 0 Å². The summed E-state index contributed by atoms with van der Waals surface area (Å²) in [5.41, 5.74) is 1.85. The molecule has 0 bridgehead atoms. The molecule has 2 aromatic rings. The molecule has 2 amide bonds. The molecule has 0 aliphatic rings. The third kappa shape index (κ3) is 3.62. The molecular weight excluding hydrogens is 270 g/mol. The largest absolute Gasteiger partial charge is 0.477 e. The molecule has 0 radical (unpaired) electrons. The smallest absolute Gasteiger partial charge is 0.354 e. The summed E-state index contributed by atoms with van der Waals surface area (Å²) in [4.78, 5) is 25.7. The summed E-state index contributed by atoms with van der Waals surface area (Å²) in [5.74, 6) is -1.12. The van der Waals surface area contributed by atoms with Gasteiger partial charge in [-0.3, -0.25) is 0 Å². The number of benzene rings is 1. The summed E-state index contributed by atoms with van der Waals surface area (Å²) in [6.45, 7) is 3.58. The lowest BCUT2D eigenvalue weighted by molar-refractivity contribution is 0.0692. The number of aryl methyl sites for hydroxylation is 1. The third-order valence-electron chi connectivity index (χ3n) is 3.06. The van der Waals surface area contributed by atoms with Gasteiger partial charge in [-0.1, -0.05) is 30.3 Å². The fourth-order valence-electron chi connectivity index (χ4n) is 2.04.